The van der Waals surface area contributed by atoms with Crippen LogP contribution in [-0.2, 0) is 0 Å². The largest absolute Gasteiger partial charge is 0.492 e. The van der Waals surface area contributed by atoms with Crippen molar-refractivity contribution in [2.24, 2.45) is 5.92 Å². The van der Waals surface area contributed by atoms with Crippen LogP contribution in [0.1, 0.15) is 56.9 Å². The van der Waals surface area contributed by atoms with Gasteiger partial charge in [0.15, 0.2) is 0 Å². The topological polar surface area (TPSA) is 75.0 Å². The van der Waals surface area contributed by atoms with Gasteiger partial charge < -0.3 is 14.7 Å². The number of aromatic nitrogens is 2. The van der Waals surface area contributed by atoms with E-state index in [0.717, 1.165) is 28.1 Å². The molecule has 1 fully saturated rings. The number of hydrogen-bond donors (Lipinski definition) is 2. The number of H-pyrrole nitrogens is 2. The molecule has 0 bridgehead atoms. The summed E-state index contributed by atoms with van der Waals surface area (Å²) in [7, 11) is 0. The zero-order chi connectivity index (χ0) is 19.9. The van der Waals surface area contributed by atoms with E-state index in [9.17, 15) is 9.59 Å². The molecule has 0 unspecified atom stereocenters. The summed E-state index contributed by atoms with van der Waals surface area (Å²) in [5.41, 5.74) is 0.0243. The van der Waals surface area contributed by atoms with E-state index in [-0.39, 0.29) is 10.7 Å². The predicted octanol–water partition coefficient (Wildman–Crippen LogP) is 3.19. The maximum atomic E-state index is 12.0. The molecule has 1 aromatic carbocycles. The van der Waals surface area contributed by atoms with Crippen molar-refractivity contribution in [3.05, 3.63) is 59.6 Å². The normalized spacial score (nSPS) is 14.8. The molecule has 2 aromatic rings. The molecular formula is C22H27BrN2O3. The highest BCUT2D eigenvalue weighted by atomic mass is 79.9. The number of halogens is 1. The summed E-state index contributed by atoms with van der Waals surface area (Å²) in [4.78, 5) is 28.9. The van der Waals surface area contributed by atoms with E-state index in [0.29, 0.717) is 6.61 Å². The van der Waals surface area contributed by atoms with Gasteiger partial charge in [-0.25, -0.2) is 0 Å². The molecular weight excluding hydrogens is 420 g/mol. The molecule has 1 saturated carbocycles. The van der Waals surface area contributed by atoms with Gasteiger partial charge in [-0.15, -0.1) is 0 Å². The fourth-order valence-corrected chi connectivity index (χ4v) is 4.27. The summed E-state index contributed by atoms with van der Waals surface area (Å²) in [5, 5.41) is 0.0516. The van der Waals surface area contributed by atoms with E-state index >= 15 is 0 Å². The number of benzene rings is 1. The second-order valence-electron chi connectivity index (χ2n) is 7.48. The lowest BCUT2D eigenvalue weighted by Gasteiger charge is -2.21. The Morgan fingerprint density at radius 2 is 1.82 bits per heavy atom. The molecule has 0 saturated heterocycles. The van der Waals surface area contributed by atoms with E-state index in [1.54, 1.807) is 6.08 Å². The van der Waals surface area contributed by atoms with Crippen molar-refractivity contribution in [1.82, 2.24) is 9.97 Å². The lowest BCUT2D eigenvalue weighted by Crippen LogP contribution is -2.47. The molecule has 28 heavy (non-hydrogen) atoms. The van der Waals surface area contributed by atoms with Gasteiger partial charge in [0.05, 0.1) is 11.1 Å². The monoisotopic (exact) mass is 446 g/mol. The number of unbranched alkanes of at least 4 members (excludes halogenated alkanes) is 1. The molecule has 0 radical (unpaired) electrons. The zero-order valence-electron chi connectivity index (χ0n) is 16.1. The van der Waals surface area contributed by atoms with Gasteiger partial charge in [0.2, 0.25) is 0 Å². The first-order valence-corrected chi connectivity index (χ1v) is 10.8. The van der Waals surface area contributed by atoms with Crippen LogP contribution in [0.15, 0.2) is 32.3 Å². The molecule has 0 spiro atoms. The van der Waals surface area contributed by atoms with Crippen molar-refractivity contribution in [3.63, 3.8) is 0 Å². The SMILES string of the molecule is C=c1[nH]c(=O)c(=Cc2ccc(OCCCCC3CCCCC3)c(Br)c2)c(=O)[nH]1. The van der Waals surface area contributed by atoms with Gasteiger partial charge >= 0.3 is 0 Å². The maximum absolute atomic E-state index is 12.0. The van der Waals surface area contributed by atoms with Gasteiger partial charge in [0.25, 0.3) is 11.1 Å². The second-order valence-corrected chi connectivity index (χ2v) is 8.34. The minimum atomic E-state index is -0.455. The molecule has 3 rings (SSSR count). The van der Waals surface area contributed by atoms with Crippen molar-refractivity contribution in [2.75, 3.05) is 6.61 Å². The molecule has 6 heteroatoms. The van der Waals surface area contributed by atoms with E-state index in [2.05, 4.69) is 32.5 Å². The molecule has 2 N–H and O–H groups in total. The van der Waals surface area contributed by atoms with E-state index in [4.69, 9.17) is 4.74 Å². The first kappa shape index (κ1) is 20.6. The number of hydrogen-bond acceptors (Lipinski definition) is 3. The molecule has 1 aliphatic rings. The van der Waals surface area contributed by atoms with Crippen LogP contribution in [0.2, 0.25) is 0 Å². The second kappa shape index (κ2) is 9.92. The summed E-state index contributed by atoms with van der Waals surface area (Å²) in [6, 6.07) is 5.53. The molecule has 1 heterocycles. The summed E-state index contributed by atoms with van der Waals surface area (Å²) in [5.74, 6) is 1.69. The van der Waals surface area contributed by atoms with Crippen LogP contribution in [0, 0.1) is 5.92 Å². The highest BCUT2D eigenvalue weighted by Gasteiger charge is 2.12. The highest BCUT2D eigenvalue weighted by Crippen LogP contribution is 2.29. The van der Waals surface area contributed by atoms with Crippen LogP contribution < -0.4 is 26.6 Å². The molecule has 0 atom stereocenters. The minimum absolute atomic E-state index is 0.0516. The number of nitrogens with one attached hydrogen (secondary N) is 2. The first-order valence-electron chi connectivity index (χ1n) is 9.98. The summed E-state index contributed by atoms with van der Waals surface area (Å²) < 4.78 is 6.69. The Balaban J connectivity index is 1.57. The lowest BCUT2D eigenvalue weighted by atomic mass is 9.86. The van der Waals surface area contributed by atoms with Crippen molar-refractivity contribution in [3.8, 4) is 5.75 Å². The smallest absolute Gasteiger partial charge is 0.262 e. The molecule has 0 amide bonds. The fourth-order valence-electron chi connectivity index (χ4n) is 3.76. The third kappa shape index (κ3) is 5.71. The van der Waals surface area contributed by atoms with Gasteiger partial charge in [-0.05, 0) is 58.5 Å². The van der Waals surface area contributed by atoms with Crippen LogP contribution in [0.3, 0.4) is 0 Å². The summed E-state index contributed by atoms with van der Waals surface area (Å²) >= 11 is 3.51. The van der Waals surface area contributed by atoms with Crippen LogP contribution in [-0.4, -0.2) is 16.6 Å². The average molecular weight is 447 g/mol. The van der Waals surface area contributed by atoms with E-state index < -0.39 is 11.1 Å². The Hall–Kier alpha value is -2.08. The molecule has 1 aliphatic carbocycles. The first-order chi connectivity index (χ1) is 13.5. The zero-order valence-corrected chi connectivity index (χ0v) is 17.6. The van der Waals surface area contributed by atoms with Crippen molar-refractivity contribution < 1.29 is 4.74 Å². The van der Waals surface area contributed by atoms with Crippen LogP contribution in [0.25, 0.3) is 12.7 Å². The summed E-state index contributed by atoms with van der Waals surface area (Å²) in [6.45, 7) is 4.23. The highest BCUT2D eigenvalue weighted by molar-refractivity contribution is 9.10. The van der Waals surface area contributed by atoms with Gasteiger partial charge in [0.1, 0.15) is 16.4 Å². The van der Waals surface area contributed by atoms with Gasteiger partial charge in [-0.3, -0.25) is 9.59 Å². The predicted molar refractivity (Wildman–Crippen MR) is 116 cm³/mol. The molecule has 5 nitrogen and oxygen atoms in total. The van der Waals surface area contributed by atoms with E-state index in [1.807, 2.05) is 18.2 Å². The average Bonchev–Trinajstić information content (AvgIpc) is 2.66. The molecule has 0 aliphatic heterocycles. The Kier molecular flexibility index (Phi) is 7.31. The fraction of sp³-hybridized carbons (Fsp3) is 0.455. The Morgan fingerprint density at radius 3 is 2.50 bits per heavy atom. The number of ether oxygens (including phenoxy) is 1. The van der Waals surface area contributed by atoms with Crippen molar-refractivity contribution >= 4 is 28.6 Å². The lowest BCUT2D eigenvalue weighted by molar-refractivity contribution is 0.282. The van der Waals surface area contributed by atoms with Gasteiger partial charge in [-0.2, -0.15) is 0 Å². The summed E-state index contributed by atoms with van der Waals surface area (Å²) in [6.07, 6.45) is 12.1. The minimum Gasteiger partial charge on any atom is -0.492 e. The quantitative estimate of drug-likeness (QED) is 0.641. The number of aromatic amines is 2. The van der Waals surface area contributed by atoms with E-state index in [1.165, 1.54) is 44.9 Å². The van der Waals surface area contributed by atoms with Crippen LogP contribution in [0.5, 0.6) is 5.75 Å². The Morgan fingerprint density at radius 1 is 1.11 bits per heavy atom. The Bertz CT molecular complexity index is 982. The van der Waals surface area contributed by atoms with Crippen LogP contribution in [0.4, 0.5) is 0 Å². The van der Waals surface area contributed by atoms with Gasteiger partial charge in [-0.1, -0.05) is 51.2 Å². The number of rotatable bonds is 7. The molecule has 1 aromatic heterocycles. The maximum Gasteiger partial charge on any atom is 0.262 e. The third-order valence-corrected chi connectivity index (χ3v) is 5.89. The van der Waals surface area contributed by atoms with Crippen molar-refractivity contribution in [1.29, 1.82) is 0 Å². The standard InChI is InChI=1S/C22H27BrN2O3/c1-15-24-21(26)18(22(27)25-15)13-17-10-11-20(19(23)14-17)28-12-6-5-9-16-7-3-2-4-8-16/h10-11,13-14,16H,1-9,12H2,(H,24,26)(H,25,27). The Labute approximate surface area is 172 Å². The van der Waals surface area contributed by atoms with Crippen LogP contribution >= 0.6 is 15.9 Å². The van der Waals surface area contributed by atoms with Gasteiger partial charge in [0, 0.05) is 0 Å². The third-order valence-electron chi connectivity index (χ3n) is 5.27. The molecule has 150 valence electrons. The van der Waals surface area contributed by atoms with Crippen molar-refractivity contribution in [2.45, 2.75) is 51.4 Å².